The van der Waals surface area contributed by atoms with E-state index in [4.69, 9.17) is 0 Å². The van der Waals surface area contributed by atoms with Crippen molar-refractivity contribution >= 4 is 15.9 Å². The van der Waals surface area contributed by atoms with Gasteiger partial charge < -0.3 is 5.32 Å². The Balaban J connectivity index is 1.44. The van der Waals surface area contributed by atoms with Crippen LogP contribution in [-0.2, 0) is 16.6 Å². The lowest BCUT2D eigenvalue weighted by atomic mass is 10.0. The minimum atomic E-state index is -3.56. The van der Waals surface area contributed by atoms with Crippen LogP contribution in [0.2, 0.25) is 0 Å². The molecule has 0 spiro atoms. The normalized spacial score (nSPS) is 19.1. The first-order valence-electron chi connectivity index (χ1n) is 12.7. The summed E-state index contributed by atoms with van der Waals surface area (Å²) in [7, 11) is -3.56. The fraction of sp³-hybridized carbons (Fsp3) is 0.615. The largest absolute Gasteiger partial charge is 0.349 e. The predicted octanol–water partition coefficient (Wildman–Crippen LogP) is 4.42. The molecule has 2 fully saturated rings. The van der Waals surface area contributed by atoms with Gasteiger partial charge in [-0.25, -0.2) is 8.42 Å². The Labute approximate surface area is 204 Å². The Kier molecular flexibility index (Phi) is 7.77. The minimum Gasteiger partial charge on any atom is -0.349 e. The minimum absolute atomic E-state index is 0.0196. The van der Waals surface area contributed by atoms with E-state index in [1.807, 2.05) is 31.2 Å². The maximum absolute atomic E-state index is 13.3. The molecule has 1 aromatic heterocycles. The maximum Gasteiger partial charge on any atom is 0.251 e. The van der Waals surface area contributed by atoms with Crippen LogP contribution in [0.4, 0.5) is 0 Å². The van der Waals surface area contributed by atoms with Crippen molar-refractivity contribution in [3.8, 4) is 0 Å². The number of sulfonamides is 1. The van der Waals surface area contributed by atoms with E-state index in [0.29, 0.717) is 47.4 Å². The molecule has 2 heterocycles. The quantitative estimate of drug-likeness (QED) is 0.613. The third-order valence-electron chi connectivity index (χ3n) is 7.39. The van der Waals surface area contributed by atoms with E-state index in [1.54, 1.807) is 15.9 Å². The van der Waals surface area contributed by atoms with Crippen molar-refractivity contribution in [3.05, 3.63) is 46.8 Å². The molecule has 1 aliphatic heterocycles. The van der Waals surface area contributed by atoms with Crippen LogP contribution in [0, 0.1) is 19.8 Å². The van der Waals surface area contributed by atoms with E-state index in [0.717, 1.165) is 31.2 Å². The third-order valence-corrected chi connectivity index (χ3v) is 9.55. The zero-order valence-corrected chi connectivity index (χ0v) is 21.5. The molecule has 1 aromatic carbocycles. The third kappa shape index (κ3) is 5.54. The number of nitrogens with one attached hydrogen (secondary N) is 1. The number of hydrogen-bond acceptors (Lipinski definition) is 4. The second-order valence-corrected chi connectivity index (χ2v) is 12.0. The molecule has 2 aliphatic rings. The summed E-state index contributed by atoms with van der Waals surface area (Å²) in [5, 5.41) is 7.74. The molecule has 186 valence electrons. The van der Waals surface area contributed by atoms with Crippen molar-refractivity contribution in [2.75, 3.05) is 13.1 Å². The van der Waals surface area contributed by atoms with Gasteiger partial charge in [0.05, 0.1) is 17.9 Å². The van der Waals surface area contributed by atoms with Gasteiger partial charge in [0, 0.05) is 24.7 Å². The van der Waals surface area contributed by atoms with Crippen LogP contribution in [0.3, 0.4) is 0 Å². The molecule has 1 saturated heterocycles. The molecular formula is C26H38N4O3S. The van der Waals surface area contributed by atoms with Gasteiger partial charge in [0.2, 0.25) is 10.0 Å². The first-order valence-corrected chi connectivity index (χ1v) is 14.1. The lowest BCUT2D eigenvalue weighted by molar-refractivity contribution is 0.0933. The highest BCUT2D eigenvalue weighted by atomic mass is 32.2. The zero-order valence-electron chi connectivity index (χ0n) is 20.7. The molecule has 1 amide bonds. The highest BCUT2D eigenvalue weighted by molar-refractivity contribution is 7.89. The van der Waals surface area contributed by atoms with E-state index < -0.39 is 10.0 Å². The lowest BCUT2D eigenvalue weighted by Gasteiger charge is -2.29. The number of amides is 1. The molecule has 0 unspecified atom stereocenters. The Morgan fingerprint density at radius 3 is 2.24 bits per heavy atom. The summed E-state index contributed by atoms with van der Waals surface area (Å²) in [6.45, 7) is 7.36. The molecule has 1 aliphatic carbocycles. The Morgan fingerprint density at radius 1 is 1.00 bits per heavy atom. The van der Waals surface area contributed by atoms with Crippen molar-refractivity contribution in [2.45, 2.75) is 89.6 Å². The van der Waals surface area contributed by atoms with Gasteiger partial charge in [0.25, 0.3) is 5.91 Å². The molecule has 4 rings (SSSR count). The van der Waals surface area contributed by atoms with Crippen LogP contribution in [-0.4, -0.2) is 47.5 Å². The van der Waals surface area contributed by atoms with Crippen LogP contribution in [0.25, 0.3) is 0 Å². The number of rotatable bonds is 6. The molecule has 1 saturated carbocycles. The summed E-state index contributed by atoms with van der Waals surface area (Å²) in [5.41, 5.74) is 2.83. The van der Waals surface area contributed by atoms with Gasteiger partial charge in [-0.1, -0.05) is 44.7 Å². The highest BCUT2D eigenvalue weighted by Crippen LogP contribution is 2.28. The fourth-order valence-corrected chi connectivity index (χ4v) is 7.03. The van der Waals surface area contributed by atoms with Crippen molar-refractivity contribution < 1.29 is 13.2 Å². The Morgan fingerprint density at radius 2 is 1.62 bits per heavy atom. The topological polar surface area (TPSA) is 84.3 Å². The van der Waals surface area contributed by atoms with Gasteiger partial charge in [0.1, 0.15) is 4.90 Å². The highest BCUT2D eigenvalue weighted by Gasteiger charge is 2.33. The summed E-state index contributed by atoms with van der Waals surface area (Å²) in [6, 6.07) is 7.82. The number of nitrogens with zero attached hydrogens (tertiary/aromatic N) is 3. The SMILES string of the molecule is Cc1nn(Cc2ccc(C(=O)NC3CCCCCC3)cc2)c(C)c1S(=O)(=O)N1CCC(C)CC1. The molecule has 7 nitrogen and oxygen atoms in total. The van der Waals surface area contributed by atoms with Crippen molar-refractivity contribution in [1.82, 2.24) is 19.4 Å². The lowest BCUT2D eigenvalue weighted by Crippen LogP contribution is -2.38. The van der Waals surface area contributed by atoms with Crippen molar-refractivity contribution in [1.29, 1.82) is 0 Å². The van der Waals surface area contributed by atoms with Gasteiger partial charge in [0.15, 0.2) is 0 Å². The van der Waals surface area contributed by atoms with E-state index in [1.165, 1.54) is 25.7 Å². The number of carbonyl (C=O) groups excluding carboxylic acids is 1. The van der Waals surface area contributed by atoms with Crippen molar-refractivity contribution in [3.63, 3.8) is 0 Å². The monoisotopic (exact) mass is 486 g/mol. The number of benzene rings is 1. The summed E-state index contributed by atoms with van der Waals surface area (Å²) in [5.74, 6) is 0.544. The second-order valence-electron chi connectivity index (χ2n) is 10.1. The second kappa shape index (κ2) is 10.6. The van der Waals surface area contributed by atoms with Gasteiger partial charge >= 0.3 is 0 Å². The number of carbonyl (C=O) groups is 1. The number of piperidine rings is 1. The van der Waals surface area contributed by atoms with Gasteiger partial charge in [-0.3, -0.25) is 9.48 Å². The average Bonchev–Trinajstić information content (AvgIpc) is 2.96. The van der Waals surface area contributed by atoms with Crippen LogP contribution < -0.4 is 5.32 Å². The van der Waals surface area contributed by atoms with Crippen LogP contribution in [0.1, 0.15) is 85.6 Å². The Hall–Kier alpha value is -2.19. The summed E-state index contributed by atoms with van der Waals surface area (Å²) < 4.78 is 30.0. The molecule has 0 bridgehead atoms. The first kappa shape index (κ1) is 24.9. The first-order chi connectivity index (χ1) is 16.3. The van der Waals surface area contributed by atoms with E-state index in [2.05, 4.69) is 17.3 Å². The van der Waals surface area contributed by atoms with Gasteiger partial charge in [-0.2, -0.15) is 9.40 Å². The molecular weight excluding hydrogens is 448 g/mol. The van der Waals surface area contributed by atoms with Crippen molar-refractivity contribution in [2.24, 2.45) is 5.92 Å². The molecule has 1 N–H and O–H groups in total. The molecule has 0 radical (unpaired) electrons. The van der Waals surface area contributed by atoms with E-state index >= 15 is 0 Å². The maximum atomic E-state index is 13.3. The number of aromatic nitrogens is 2. The molecule has 0 atom stereocenters. The Bertz CT molecular complexity index is 1090. The van der Waals surface area contributed by atoms with Crippen LogP contribution >= 0.6 is 0 Å². The van der Waals surface area contributed by atoms with E-state index in [-0.39, 0.29) is 11.9 Å². The zero-order chi connectivity index (χ0) is 24.3. The molecule has 8 heteroatoms. The van der Waals surface area contributed by atoms with Gasteiger partial charge in [-0.15, -0.1) is 0 Å². The number of hydrogen-bond donors (Lipinski definition) is 1. The summed E-state index contributed by atoms with van der Waals surface area (Å²) in [4.78, 5) is 13.0. The number of aryl methyl sites for hydroxylation is 1. The summed E-state index contributed by atoms with van der Waals surface area (Å²) in [6.07, 6.45) is 8.79. The summed E-state index contributed by atoms with van der Waals surface area (Å²) >= 11 is 0. The van der Waals surface area contributed by atoms with Gasteiger partial charge in [-0.05, 0) is 63.1 Å². The molecule has 34 heavy (non-hydrogen) atoms. The van der Waals surface area contributed by atoms with E-state index in [9.17, 15) is 13.2 Å². The predicted molar refractivity (Wildman–Crippen MR) is 133 cm³/mol. The molecule has 2 aromatic rings. The van der Waals surface area contributed by atoms with Crippen LogP contribution in [0.5, 0.6) is 0 Å². The smallest absolute Gasteiger partial charge is 0.251 e. The van der Waals surface area contributed by atoms with Crippen LogP contribution in [0.15, 0.2) is 29.2 Å². The average molecular weight is 487 g/mol. The standard InChI is InChI=1S/C26H38N4O3S/c1-19-14-16-29(17-15-19)34(32,33)25-20(2)28-30(21(25)3)18-22-10-12-23(13-11-22)26(31)27-24-8-6-4-5-7-9-24/h10-13,19,24H,4-9,14-18H2,1-3H3,(H,27,31). The fourth-order valence-electron chi connectivity index (χ4n) is 5.19.